The van der Waals surface area contributed by atoms with Crippen molar-refractivity contribution in [3.05, 3.63) is 101 Å². The third-order valence-corrected chi connectivity index (χ3v) is 6.32. The zero-order chi connectivity index (χ0) is 20.7. The molecule has 0 saturated carbocycles. The number of aryl methyl sites for hydroxylation is 1. The van der Waals surface area contributed by atoms with Gasteiger partial charge in [-0.05, 0) is 36.8 Å². The van der Waals surface area contributed by atoms with E-state index in [-0.39, 0.29) is 5.91 Å². The molecule has 1 aliphatic heterocycles. The van der Waals surface area contributed by atoms with Gasteiger partial charge < -0.3 is 9.30 Å². The number of benzene rings is 3. The minimum absolute atomic E-state index is 0.195. The van der Waals surface area contributed by atoms with E-state index in [2.05, 4.69) is 36.7 Å². The Morgan fingerprint density at radius 3 is 2.43 bits per heavy atom. The van der Waals surface area contributed by atoms with Crippen LogP contribution in [0.25, 0.3) is 10.2 Å². The first-order valence-electron chi connectivity index (χ1n) is 9.81. The van der Waals surface area contributed by atoms with E-state index in [0.29, 0.717) is 22.8 Å². The maximum Gasteiger partial charge on any atom is 0.260 e. The summed E-state index contributed by atoms with van der Waals surface area (Å²) in [5, 5.41) is 0. The van der Waals surface area contributed by atoms with Crippen molar-refractivity contribution in [2.24, 2.45) is 4.99 Å². The van der Waals surface area contributed by atoms with Gasteiger partial charge in [-0.3, -0.25) is 4.79 Å². The Labute approximate surface area is 178 Å². The molecule has 4 aromatic rings. The number of nitrogens with zero attached hydrogens (tertiary/aromatic N) is 2. The van der Waals surface area contributed by atoms with Crippen molar-refractivity contribution in [2.75, 3.05) is 0 Å². The first kappa shape index (κ1) is 18.6. The van der Waals surface area contributed by atoms with Gasteiger partial charge in [-0.25, -0.2) is 0 Å². The Bertz CT molecular complexity index is 1320. The number of thiazole rings is 1. The zero-order valence-electron chi connectivity index (χ0n) is 16.5. The van der Waals surface area contributed by atoms with Crippen LogP contribution in [-0.4, -0.2) is 10.5 Å². The van der Waals surface area contributed by atoms with E-state index in [4.69, 9.17) is 4.74 Å². The number of aromatic nitrogens is 1. The summed E-state index contributed by atoms with van der Waals surface area (Å²) < 4.78 is 9.17. The number of ether oxygens (including phenoxy) is 1. The summed E-state index contributed by atoms with van der Waals surface area (Å²) in [5.74, 6) is 0.723. The molecule has 0 unspecified atom stereocenters. The predicted molar refractivity (Wildman–Crippen MR) is 120 cm³/mol. The summed E-state index contributed by atoms with van der Waals surface area (Å²) in [5.41, 5.74) is 3.93. The summed E-state index contributed by atoms with van der Waals surface area (Å²) in [6.07, 6.45) is 1.83. The van der Waals surface area contributed by atoms with Gasteiger partial charge in [0.1, 0.15) is 11.5 Å². The number of rotatable bonds is 3. The van der Waals surface area contributed by atoms with Gasteiger partial charge in [0.2, 0.25) is 0 Å². The molecule has 4 nitrogen and oxygen atoms in total. The highest BCUT2D eigenvalue weighted by molar-refractivity contribution is 7.16. The number of hydrogen-bond donors (Lipinski definition) is 0. The van der Waals surface area contributed by atoms with E-state index >= 15 is 0 Å². The van der Waals surface area contributed by atoms with E-state index < -0.39 is 5.92 Å². The van der Waals surface area contributed by atoms with E-state index in [1.807, 2.05) is 59.2 Å². The molecule has 0 spiro atoms. The van der Waals surface area contributed by atoms with Crippen LogP contribution >= 0.6 is 11.3 Å². The Hall–Kier alpha value is -3.44. The molecule has 0 fully saturated rings. The van der Waals surface area contributed by atoms with Gasteiger partial charge in [-0.2, -0.15) is 4.99 Å². The molecule has 1 aromatic heterocycles. The fourth-order valence-corrected chi connectivity index (χ4v) is 5.05. The average Bonchev–Trinajstić information content (AvgIpc) is 3.08. The molecule has 5 rings (SSSR count). The molecular formula is C25H20N2O2S. The van der Waals surface area contributed by atoms with Crippen LogP contribution in [-0.2, 0) is 11.3 Å². The second-order valence-corrected chi connectivity index (χ2v) is 8.32. The monoisotopic (exact) mass is 412 g/mol. The van der Waals surface area contributed by atoms with Crippen molar-refractivity contribution in [1.29, 1.82) is 0 Å². The molecule has 0 N–H and O–H groups in total. The number of hydrogen-bond acceptors (Lipinski definition) is 3. The van der Waals surface area contributed by atoms with Gasteiger partial charge >= 0.3 is 0 Å². The standard InChI is InChI=1S/C25H20N2O2S/c1-3-14-27-19-13-12-16(2)15-22(19)30-25(27)26-24(28)23-17-8-4-6-10-20(17)29-21-11-7-5-9-18(21)23/h3-13,15,23H,1,14H2,2H3. The first-order chi connectivity index (χ1) is 14.7. The summed E-state index contributed by atoms with van der Waals surface area (Å²) in [7, 11) is 0. The van der Waals surface area contributed by atoms with E-state index in [1.54, 1.807) is 0 Å². The molecule has 0 radical (unpaired) electrons. The van der Waals surface area contributed by atoms with Gasteiger partial charge in [-0.15, -0.1) is 6.58 Å². The highest BCUT2D eigenvalue weighted by Gasteiger charge is 2.32. The van der Waals surface area contributed by atoms with E-state index in [0.717, 1.165) is 21.3 Å². The Kier molecular flexibility index (Phi) is 4.60. The maximum absolute atomic E-state index is 13.5. The normalized spacial score (nSPS) is 13.6. The van der Waals surface area contributed by atoms with Gasteiger partial charge in [0, 0.05) is 17.7 Å². The average molecular weight is 413 g/mol. The van der Waals surface area contributed by atoms with Gasteiger partial charge in [0.25, 0.3) is 5.91 Å². The van der Waals surface area contributed by atoms with Crippen molar-refractivity contribution in [2.45, 2.75) is 19.4 Å². The molecule has 5 heteroatoms. The van der Waals surface area contributed by atoms with Crippen LogP contribution in [0.4, 0.5) is 0 Å². The van der Waals surface area contributed by atoms with Crippen LogP contribution in [0.5, 0.6) is 11.5 Å². The van der Waals surface area contributed by atoms with E-state index in [9.17, 15) is 4.79 Å². The highest BCUT2D eigenvalue weighted by atomic mass is 32.1. The first-order valence-corrected chi connectivity index (χ1v) is 10.6. The summed E-state index contributed by atoms with van der Waals surface area (Å²) in [6.45, 7) is 6.53. The van der Waals surface area contributed by atoms with Gasteiger partial charge in [0.15, 0.2) is 4.80 Å². The van der Waals surface area contributed by atoms with Crippen molar-refractivity contribution in [1.82, 2.24) is 4.57 Å². The molecule has 2 heterocycles. The zero-order valence-corrected chi connectivity index (χ0v) is 17.4. The minimum Gasteiger partial charge on any atom is -0.457 e. The fourth-order valence-electron chi connectivity index (χ4n) is 3.91. The lowest BCUT2D eigenvalue weighted by Gasteiger charge is -2.25. The number of amides is 1. The lowest BCUT2D eigenvalue weighted by Crippen LogP contribution is -2.22. The second-order valence-electron chi connectivity index (χ2n) is 7.32. The molecule has 0 bridgehead atoms. The smallest absolute Gasteiger partial charge is 0.260 e. The molecule has 1 aliphatic rings. The number of carbonyl (C=O) groups excluding carboxylic acids is 1. The lowest BCUT2D eigenvalue weighted by atomic mass is 9.87. The van der Waals surface area contributed by atoms with E-state index in [1.165, 1.54) is 16.9 Å². The summed E-state index contributed by atoms with van der Waals surface area (Å²) >= 11 is 1.53. The number of fused-ring (bicyclic) bond motifs is 3. The molecule has 148 valence electrons. The number of allylic oxidation sites excluding steroid dienone is 1. The molecule has 1 amide bonds. The second kappa shape index (κ2) is 7.43. The topological polar surface area (TPSA) is 43.6 Å². The third kappa shape index (κ3) is 3.08. The van der Waals surface area contributed by atoms with Crippen LogP contribution in [0, 0.1) is 6.92 Å². The summed E-state index contributed by atoms with van der Waals surface area (Å²) in [6, 6.07) is 21.6. The molecule has 0 atom stereocenters. The Balaban J connectivity index is 1.69. The quantitative estimate of drug-likeness (QED) is 0.413. The summed E-state index contributed by atoms with van der Waals surface area (Å²) in [4.78, 5) is 18.8. The molecule has 3 aromatic carbocycles. The minimum atomic E-state index is -0.490. The van der Waals surface area contributed by atoms with Crippen LogP contribution in [0.1, 0.15) is 22.6 Å². The highest BCUT2D eigenvalue weighted by Crippen LogP contribution is 2.44. The molecule has 0 saturated heterocycles. The Morgan fingerprint density at radius 2 is 1.77 bits per heavy atom. The lowest BCUT2D eigenvalue weighted by molar-refractivity contribution is -0.118. The number of para-hydroxylation sites is 2. The van der Waals surface area contributed by atoms with Crippen molar-refractivity contribution < 1.29 is 9.53 Å². The fraction of sp³-hybridized carbons (Fsp3) is 0.120. The van der Waals surface area contributed by atoms with Gasteiger partial charge in [-0.1, -0.05) is 59.9 Å². The van der Waals surface area contributed by atoms with Crippen LogP contribution in [0.15, 0.2) is 84.4 Å². The Morgan fingerprint density at radius 1 is 1.10 bits per heavy atom. The van der Waals surface area contributed by atoms with Crippen LogP contribution < -0.4 is 9.54 Å². The van der Waals surface area contributed by atoms with Crippen molar-refractivity contribution in [3.63, 3.8) is 0 Å². The SMILES string of the molecule is C=CCn1c(=NC(=O)C2c3ccccc3Oc3ccccc32)sc2cc(C)ccc21. The third-order valence-electron chi connectivity index (χ3n) is 5.28. The number of carbonyl (C=O) groups is 1. The van der Waals surface area contributed by atoms with Crippen molar-refractivity contribution >= 4 is 27.5 Å². The van der Waals surface area contributed by atoms with Crippen LogP contribution in [0.2, 0.25) is 0 Å². The molecule has 0 aliphatic carbocycles. The largest absolute Gasteiger partial charge is 0.457 e. The van der Waals surface area contributed by atoms with Gasteiger partial charge in [0.05, 0.1) is 16.1 Å². The van der Waals surface area contributed by atoms with Crippen LogP contribution in [0.3, 0.4) is 0 Å². The van der Waals surface area contributed by atoms with Crippen molar-refractivity contribution in [3.8, 4) is 11.5 Å². The maximum atomic E-state index is 13.5. The molecule has 30 heavy (non-hydrogen) atoms. The molecular weight excluding hydrogens is 392 g/mol. The predicted octanol–water partition coefficient (Wildman–Crippen LogP) is 5.56.